The van der Waals surface area contributed by atoms with Gasteiger partial charge in [0, 0.05) is 5.70 Å². The largest absolute Gasteiger partial charge is 0.334 e. The number of sulfone groups is 1. The van der Waals surface area contributed by atoms with Crippen molar-refractivity contribution in [2.45, 2.75) is 0 Å². The van der Waals surface area contributed by atoms with E-state index in [2.05, 4.69) is 16.2 Å². The number of hydrazine groups is 1. The molecule has 5 nitrogen and oxygen atoms in total. The first-order valence-corrected chi connectivity index (χ1v) is 7.56. The van der Waals surface area contributed by atoms with Gasteiger partial charge in [-0.05, 0) is 30.4 Å². The van der Waals surface area contributed by atoms with Gasteiger partial charge in [-0.3, -0.25) is 10.9 Å². The predicted octanol–water partition coefficient (Wildman–Crippen LogP) is 0.790. The van der Waals surface area contributed by atoms with Crippen LogP contribution in [-0.2, 0) is 9.84 Å². The van der Waals surface area contributed by atoms with Crippen LogP contribution in [0.4, 0.5) is 5.69 Å². The highest BCUT2D eigenvalue weighted by Gasteiger charge is 2.19. The molecular weight excluding hydrogens is 270 g/mol. The number of anilines is 1. The van der Waals surface area contributed by atoms with Gasteiger partial charge in [0.1, 0.15) is 0 Å². The summed E-state index contributed by atoms with van der Waals surface area (Å²) in [5, 5.41) is 3.18. The second-order valence-corrected chi connectivity index (χ2v) is 6.37. The lowest BCUT2D eigenvalue weighted by Gasteiger charge is -2.12. The Morgan fingerprint density at radius 2 is 1.94 bits per heavy atom. The van der Waals surface area contributed by atoms with Gasteiger partial charge < -0.3 is 5.32 Å². The molecule has 0 fully saturated rings. The average Bonchev–Trinajstić information content (AvgIpc) is 2.67. The summed E-state index contributed by atoms with van der Waals surface area (Å²) in [6.07, 6.45) is 1.63. The van der Waals surface area contributed by atoms with Crippen LogP contribution in [0, 0.1) is 0 Å². The van der Waals surface area contributed by atoms with Crippen LogP contribution in [0.3, 0.4) is 0 Å². The highest BCUT2D eigenvalue weighted by Crippen LogP contribution is 2.08. The zero-order valence-corrected chi connectivity index (χ0v) is 11.1. The van der Waals surface area contributed by atoms with Crippen molar-refractivity contribution in [2.75, 3.05) is 16.9 Å². The van der Waals surface area contributed by atoms with Gasteiger partial charge in [0.2, 0.25) is 0 Å². The van der Waals surface area contributed by atoms with Crippen molar-refractivity contribution in [3.63, 3.8) is 0 Å². The van der Waals surface area contributed by atoms with E-state index in [9.17, 15) is 8.42 Å². The van der Waals surface area contributed by atoms with Crippen LogP contribution in [0.2, 0.25) is 0 Å². The standard InChI is InChI=1S/C11H13N3O2S2/c15-18(16)7-6-10(8-18)12-11(17)14-13-9-4-2-1-3-5-9/h1-6,13H,7-8H2,(H2,12,14,17). The normalized spacial score (nSPS) is 16.8. The van der Waals surface area contributed by atoms with Crippen molar-refractivity contribution in [2.24, 2.45) is 0 Å². The minimum Gasteiger partial charge on any atom is -0.334 e. The van der Waals surface area contributed by atoms with Gasteiger partial charge in [0.15, 0.2) is 14.9 Å². The molecule has 0 unspecified atom stereocenters. The van der Waals surface area contributed by atoms with Crippen molar-refractivity contribution in [1.82, 2.24) is 10.7 Å². The third kappa shape index (κ3) is 3.71. The smallest absolute Gasteiger partial charge is 0.189 e. The van der Waals surface area contributed by atoms with Crippen molar-refractivity contribution < 1.29 is 8.42 Å². The molecule has 0 radical (unpaired) electrons. The quantitative estimate of drug-likeness (QED) is 0.563. The summed E-state index contributed by atoms with van der Waals surface area (Å²) in [5.41, 5.74) is 7.18. The molecule has 1 aromatic carbocycles. The lowest BCUT2D eigenvalue weighted by Crippen LogP contribution is -2.38. The highest BCUT2D eigenvalue weighted by molar-refractivity contribution is 7.92. The van der Waals surface area contributed by atoms with Gasteiger partial charge >= 0.3 is 0 Å². The molecule has 0 amide bonds. The van der Waals surface area contributed by atoms with Gasteiger partial charge in [-0.25, -0.2) is 8.42 Å². The molecule has 96 valence electrons. The van der Waals surface area contributed by atoms with Crippen LogP contribution in [0.5, 0.6) is 0 Å². The Hall–Kier alpha value is -1.60. The summed E-state index contributed by atoms with van der Waals surface area (Å²) in [4.78, 5) is 0. The molecule has 0 aromatic heterocycles. The molecule has 1 heterocycles. The Bertz CT molecular complexity index is 567. The predicted molar refractivity (Wildman–Crippen MR) is 75.7 cm³/mol. The summed E-state index contributed by atoms with van der Waals surface area (Å²) < 4.78 is 22.5. The molecule has 1 aliphatic heterocycles. The molecule has 2 rings (SSSR count). The third-order valence-electron chi connectivity index (χ3n) is 2.33. The molecule has 0 bridgehead atoms. The fraction of sp³-hybridized carbons (Fsp3) is 0.182. The second-order valence-electron chi connectivity index (χ2n) is 3.85. The zero-order valence-electron chi connectivity index (χ0n) is 9.51. The number of nitrogens with one attached hydrogen (secondary N) is 3. The number of para-hydroxylation sites is 1. The van der Waals surface area contributed by atoms with E-state index in [0.717, 1.165) is 5.69 Å². The molecule has 0 spiro atoms. The maximum atomic E-state index is 11.2. The van der Waals surface area contributed by atoms with Crippen molar-refractivity contribution in [3.8, 4) is 0 Å². The van der Waals surface area contributed by atoms with E-state index >= 15 is 0 Å². The van der Waals surface area contributed by atoms with E-state index in [1.54, 1.807) is 6.08 Å². The van der Waals surface area contributed by atoms with Crippen LogP contribution < -0.4 is 16.2 Å². The lowest BCUT2D eigenvalue weighted by molar-refractivity contribution is 0.602. The molecule has 0 aliphatic carbocycles. The zero-order chi connectivity index (χ0) is 13.0. The highest BCUT2D eigenvalue weighted by atomic mass is 32.2. The van der Waals surface area contributed by atoms with E-state index in [1.165, 1.54) is 0 Å². The minimum absolute atomic E-state index is 0.0140. The summed E-state index contributed by atoms with van der Waals surface area (Å²) in [5.74, 6) is 0.0875. The topological polar surface area (TPSA) is 70.2 Å². The summed E-state index contributed by atoms with van der Waals surface area (Å²) >= 11 is 5.04. The van der Waals surface area contributed by atoms with Crippen molar-refractivity contribution in [1.29, 1.82) is 0 Å². The van der Waals surface area contributed by atoms with Crippen LogP contribution in [0.1, 0.15) is 0 Å². The van der Waals surface area contributed by atoms with Gasteiger partial charge in [-0.2, -0.15) is 0 Å². The molecule has 0 saturated carbocycles. The van der Waals surface area contributed by atoms with Gasteiger partial charge in [-0.15, -0.1) is 0 Å². The number of hydrogen-bond acceptors (Lipinski definition) is 4. The Morgan fingerprint density at radius 3 is 2.56 bits per heavy atom. The molecule has 0 atom stereocenters. The Kier molecular flexibility index (Phi) is 3.83. The molecule has 0 saturated heterocycles. The Morgan fingerprint density at radius 1 is 1.22 bits per heavy atom. The van der Waals surface area contributed by atoms with Crippen LogP contribution in [-0.4, -0.2) is 25.0 Å². The fourth-order valence-electron chi connectivity index (χ4n) is 1.50. The van der Waals surface area contributed by atoms with Crippen LogP contribution in [0.25, 0.3) is 0 Å². The number of benzene rings is 1. The van der Waals surface area contributed by atoms with Gasteiger partial charge in [0.25, 0.3) is 0 Å². The summed E-state index contributed by atoms with van der Waals surface area (Å²) in [6.45, 7) is 0. The van der Waals surface area contributed by atoms with Crippen LogP contribution in [0.15, 0.2) is 42.1 Å². The van der Waals surface area contributed by atoms with Crippen molar-refractivity contribution >= 4 is 32.9 Å². The Balaban J connectivity index is 1.80. The number of thiocarbonyl (C=S) groups is 1. The van der Waals surface area contributed by atoms with E-state index in [0.29, 0.717) is 10.8 Å². The summed E-state index contributed by atoms with van der Waals surface area (Å²) in [6, 6.07) is 9.47. The monoisotopic (exact) mass is 283 g/mol. The average molecular weight is 283 g/mol. The number of hydrogen-bond donors (Lipinski definition) is 3. The first kappa shape index (κ1) is 12.8. The van der Waals surface area contributed by atoms with Gasteiger partial charge in [0.05, 0.1) is 17.2 Å². The molecule has 1 aliphatic rings. The maximum Gasteiger partial charge on any atom is 0.189 e. The fourth-order valence-corrected chi connectivity index (χ4v) is 2.92. The van der Waals surface area contributed by atoms with E-state index in [1.807, 2.05) is 30.3 Å². The summed E-state index contributed by atoms with van der Waals surface area (Å²) in [7, 11) is -2.97. The molecule has 3 N–H and O–H groups in total. The van der Waals surface area contributed by atoms with E-state index in [-0.39, 0.29) is 11.5 Å². The minimum atomic E-state index is -2.97. The molecular formula is C11H13N3O2S2. The Labute approximate surface area is 111 Å². The lowest BCUT2D eigenvalue weighted by atomic mass is 10.3. The van der Waals surface area contributed by atoms with Gasteiger partial charge in [-0.1, -0.05) is 18.2 Å². The van der Waals surface area contributed by atoms with E-state index in [4.69, 9.17) is 12.2 Å². The molecule has 18 heavy (non-hydrogen) atoms. The third-order valence-corrected chi connectivity index (χ3v) is 3.96. The molecule has 1 aromatic rings. The number of rotatable bonds is 3. The SMILES string of the molecule is O=S1(=O)CC=C(NC(=S)NNc2ccccc2)C1. The molecule has 7 heteroatoms. The van der Waals surface area contributed by atoms with Crippen LogP contribution >= 0.6 is 12.2 Å². The van der Waals surface area contributed by atoms with Crippen molar-refractivity contribution in [3.05, 3.63) is 42.1 Å². The second kappa shape index (κ2) is 5.36. The van der Waals surface area contributed by atoms with E-state index < -0.39 is 9.84 Å². The maximum absolute atomic E-state index is 11.2. The first-order chi connectivity index (χ1) is 8.55. The first-order valence-electron chi connectivity index (χ1n) is 5.33.